The maximum Gasteiger partial charge on any atom is 0.148 e. The van der Waals surface area contributed by atoms with Crippen molar-refractivity contribution in [3.8, 4) is 21.1 Å². The Kier molecular flexibility index (Phi) is 25.8. The van der Waals surface area contributed by atoms with Crippen molar-refractivity contribution in [2.75, 3.05) is 23.0 Å². The first-order valence-electron chi connectivity index (χ1n) is 32.6. The highest BCUT2D eigenvalue weighted by Gasteiger charge is 2.17. The lowest BCUT2D eigenvalue weighted by Gasteiger charge is -2.26. The number of aryl methyl sites for hydroxylation is 4. The molecule has 0 saturated heterocycles. The second-order valence-corrected chi connectivity index (χ2v) is 24.3. The smallest absolute Gasteiger partial charge is 0.148 e. The Morgan fingerprint density at radius 2 is 0.586 bits per heavy atom. The first-order valence-corrected chi connectivity index (χ1v) is 33.4. The number of hydrogen-bond acceptors (Lipinski definition) is 7. The van der Waals surface area contributed by atoms with Crippen molar-refractivity contribution >= 4 is 57.6 Å². The van der Waals surface area contributed by atoms with Gasteiger partial charge < -0.3 is 19.3 Å². The van der Waals surface area contributed by atoms with Crippen LogP contribution in [-0.4, -0.2) is 23.4 Å². The third-order valence-corrected chi connectivity index (χ3v) is 17.6. The number of nitrogens with zero attached hydrogens (tertiary/aromatic N) is 4. The zero-order chi connectivity index (χ0) is 60.1. The summed E-state index contributed by atoms with van der Waals surface area (Å²) in [6, 6.07) is 71.4. The van der Waals surface area contributed by atoms with Crippen LogP contribution >= 0.6 is 11.3 Å². The molecule has 0 amide bonds. The van der Waals surface area contributed by atoms with Crippen molar-refractivity contribution in [3.05, 3.63) is 252 Å². The van der Waals surface area contributed by atoms with Gasteiger partial charge in [-0.3, -0.25) is 0 Å². The van der Waals surface area contributed by atoms with Crippen molar-refractivity contribution in [1.82, 2.24) is 10.2 Å². The normalized spacial score (nSPS) is 11.2. The predicted molar refractivity (Wildman–Crippen MR) is 373 cm³/mol. The average molecular weight is 1170 g/mol. The number of unbranched alkanes of at least 4 members (excludes halogenated alkanes) is 12. The Labute approximate surface area is 525 Å². The molecule has 0 aliphatic heterocycles. The number of anilines is 6. The summed E-state index contributed by atoms with van der Waals surface area (Å²) in [5.74, 6) is 0. The molecule has 0 spiro atoms. The van der Waals surface area contributed by atoms with Crippen LogP contribution in [0.25, 0.3) is 33.3 Å². The van der Waals surface area contributed by atoms with Crippen LogP contribution in [0.4, 0.5) is 34.1 Å². The minimum absolute atomic E-state index is 0.663. The van der Waals surface area contributed by atoms with E-state index in [1.165, 1.54) is 123 Å². The third kappa shape index (κ3) is 19.9. The van der Waals surface area contributed by atoms with Gasteiger partial charge in [0, 0.05) is 58.5 Å². The molecule has 0 aliphatic rings. The fourth-order valence-electron chi connectivity index (χ4n) is 11.3. The Bertz CT molecular complexity index is 3160. The van der Waals surface area contributed by atoms with E-state index in [-0.39, 0.29) is 0 Å². The lowest BCUT2D eigenvalue weighted by molar-refractivity contribution is 0.116. The summed E-state index contributed by atoms with van der Waals surface area (Å²) in [6.07, 6.45) is 27.5. The molecular weight excluding hydrogens is 1080 g/mol. The van der Waals surface area contributed by atoms with Crippen molar-refractivity contribution in [3.63, 3.8) is 0 Å². The van der Waals surface area contributed by atoms with Crippen molar-refractivity contribution in [2.45, 2.75) is 155 Å². The highest BCUT2D eigenvalue weighted by Crippen LogP contribution is 2.40. The second kappa shape index (κ2) is 35.2. The number of ether oxygens (including phenoxy) is 2. The minimum Gasteiger partial charge on any atom is -0.377 e. The second-order valence-electron chi connectivity index (χ2n) is 23.3. The van der Waals surface area contributed by atoms with Gasteiger partial charge in [0.1, 0.15) is 10.0 Å². The van der Waals surface area contributed by atoms with Crippen LogP contribution in [0.15, 0.2) is 207 Å². The largest absolute Gasteiger partial charge is 0.377 e. The van der Waals surface area contributed by atoms with E-state index in [0.717, 1.165) is 118 Å². The maximum absolute atomic E-state index is 5.97. The highest BCUT2D eigenvalue weighted by atomic mass is 32.1. The van der Waals surface area contributed by atoms with Crippen LogP contribution in [0.3, 0.4) is 0 Å². The lowest BCUT2D eigenvalue weighted by atomic mass is 10.0. The topological polar surface area (TPSA) is 50.7 Å². The fraction of sp³-hybridized carbons (Fsp3) is 0.325. The molecule has 9 rings (SSSR count). The Balaban J connectivity index is 0.826. The molecule has 1 aromatic heterocycles. The summed E-state index contributed by atoms with van der Waals surface area (Å²) in [4.78, 5) is 4.76. The third-order valence-electron chi connectivity index (χ3n) is 16.6. The SMILES string of the molecule is C=Cc1ccc(COCCCCCCc2ccc(N(c3ccc(CCCCCC)cc3)c3ccc(-c4nnc(-c5ccc(N(c6ccc(CCCCCC)cc6)c6ccc(CCCCCCOCc7ccc(C=C)cc7)cc6)cc5)s4)cc3)cc2)cc1. The maximum atomic E-state index is 5.97. The van der Waals surface area contributed by atoms with Gasteiger partial charge in [-0.1, -0.05) is 212 Å². The molecule has 8 aromatic carbocycles. The molecule has 0 unspecified atom stereocenters. The molecule has 0 fully saturated rings. The Morgan fingerprint density at radius 3 is 0.874 bits per heavy atom. The number of hydrogen-bond donors (Lipinski definition) is 0. The molecule has 7 heteroatoms. The quantitative estimate of drug-likeness (QED) is 0.0360. The average Bonchev–Trinajstić information content (AvgIpc) is 4.19. The van der Waals surface area contributed by atoms with Crippen molar-refractivity contribution < 1.29 is 9.47 Å². The van der Waals surface area contributed by atoms with Crippen LogP contribution in [0.5, 0.6) is 0 Å². The minimum atomic E-state index is 0.663. The fourth-order valence-corrected chi connectivity index (χ4v) is 12.1. The molecule has 0 bridgehead atoms. The molecule has 0 atom stereocenters. The lowest BCUT2D eigenvalue weighted by Crippen LogP contribution is -2.10. The summed E-state index contributed by atoms with van der Waals surface area (Å²) in [5, 5.41) is 11.3. The van der Waals surface area contributed by atoms with Crippen LogP contribution < -0.4 is 9.80 Å². The summed E-state index contributed by atoms with van der Waals surface area (Å²) in [5.41, 5.74) is 19.1. The van der Waals surface area contributed by atoms with Crippen LogP contribution in [0.1, 0.15) is 161 Å². The van der Waals surface area contributed by atoms with E-state index < -0.39 is 0 Å². The first kappa shape index (κ1) is 63.8. The van der Waals surface area contributed by atoms with Gasteiger partial charge in [0.25, 0.3) is 0 Å². The van der Waals surface area contributed by atoms with Gasteiger partial charge in [-0.15, -0.1) is 10.2 Å². The van der Waals surface area contributed by atoms with E-state index in [2.05, 4.69) is 231 Å². The summed E-state index contributed by atoms with van der Waals surface area (Å²) < 4.78 is 11.9. The van der Waals surface area contributed by atoms with E-state index in [1.807, 2.05) is 12.2 Å². The van der Waals surface area contributed by atoms with Crippen LogP contribution in [0, 0.1) is 0 Å². The Hall–Kier alpha value is -7.68. The molecule has 0 aliphatic carbocycles. The molecule has 6 nitrogen and oxygen atoms in total. The molecule has 450 valence electrons. The van der Waals surface area contributed by atoms with E-state index in [9.17, 15) is 0 Å². The number of aromatic nitrogens is 2. The first-order chi connectivity index (χ1) is 43.0. The summed E-state index contributed by atoms with van der Waals surface area (Å²) in [7, 11) is 0. The molecular formula is C80H92N4O2S. The van der Waals surface area contributed by atoms with Gasteiger partial charge >= 0.3 is 0 Å². The molecule has 87 heavy (non-hydrogen) atoms. The van der Waals surface area contributed by atoms with E-state index in [4.69, 9.17) is 19.7 Å². The van der Waals surface area contributed by atoms with Gasteiger partial charge in [0.15, 0.2) is 0 Å². The van der Waals surface area contributed by atoms with Crippen molar-refractivity contribution in [2.24, 2.45) is 0 Å². The van der Waals surface area contributed by atoms with Gasteiger partial charge in [0.2, 0.25) is 0 Å². The number of rotatable bonds is 38. The van der Waals surface area contributed by atoms with Gasteiger partial charge in [0.05, 0.1) is 13.2 Å². The predicted octanol–water partition coefficient (Wildman–Crippen LogP) is 23.0. The number of benzene rings is 8. The highest BCUT2D eigenvalue weighted by molar-refractivity contribution is 7.17. The van der Waals surface area contributed by atoms with Gasteiger partial charge in [-0.2, -0.15) is 0 Å². The molecule has 9 aromatic rings. The van der Waals surface area contributed by atoms with Gasteiger partial charge in [-0.25, -0.2) is 0 Å². The van der Waals surface area contributed by atoms with Crippen LogP contribution in [-0.2, 0) is 48.4 Å². The van der Waals surface area contributed by atoms with Crippen LogP contribution in [0.2, 0.25) is 0 Å². The zero-order valence-corrected chi connectivity index (χ0v) is 52.8. The van der Waals surface area contributed by atoms with Crippen molar-refractivity contribution in [1.29, 1.82) is 0 Å². The zero-order valence-electron chi connectivity index (χ0n) is 52.0. The Morgan fingerprint density at radius 1 is 0.322 bits per heavy atom. The monoisotopic (exact) mass is 1170 g/mol. The molecule has 1 heterocycles. The molecule has 0 radical (unpaired) electrons. The van der Waals surface area contributed by atoms with E-state index in [1.54, 1.807) is 11.3 Å². The molecule has 0 N–H and O–H groups in total. The summed E-state index contributed by atoms with van der Waals surface area (Å²) in [6.45, 7) is 15.2. The van der Waals surface area contributed by atoms with E-state index >= 15 is 0 Å². The summed E-state index contributed by atoms with van der Waals surface area (Å²) >= 11 is 1.64. The van der Waals surface area contributed by atoms with E-state index in [0.29, 0.717) is 13.2 Å². The molecule has 0 saturated carbocycles. The standard InChI is InChI=1S/C80H92N4O2S/c1-5-9-11-17-23-65-35-47-73(48-36-65)83(75-51-39-67(40-52-75)25-19-13-15-21-59-85-61-69-31-27-63(7-3)28-32-69)77-55-43-71(44-56-77)79-81-82-80(87-79)72-45-57-78(58-46-72)84(74-49-37-66(38-50-74)24-18-12-10-6-2)76-53-41-68(42-54-76)26-20-14-16-22-60-86-62-70-33-29-64(8-4)30-34-70/h7-8,27-58H,3-6,9-26,59-62H2,1-2H3. The van der Waals surface area contributed by atoms with Gasteiger partial charge in [-0.05, 0) is 206 Å².